The molecule has 1 aromatic heterocycles. The van der Waals surface area contributed by atoms with Crippen molar-refractivity contribution in [3.8, 4) is 16.9 Å². The van der Waals surface area contributed by atoms with Crippen molar-refractivity contribution in [2.24, 2.45) is 0 Å². The molecule has 1 unspecified atom stereocenters. The number of nitrogens with two attached hydrogens (primary N) is 1. The molecule has 2 aromatic rings. The first-order valence-corrected chi connectivity index (χ1v) is 6.99. The average Bonchev–Trinajstić information content (AvgIpc) is 2.47. The topological polar surface area (TPSA) is 68.4 Å². The van der Waals surface area contributed by atoms with Crippen LogP contribution < -0.4 is 10.5 Å². The molecule has 0 aliphatic carbocycles. The van der Waals surface area contributed by atoms with E-state index in [0.29, 0.717) is 18.4 Å². The van der Waals surface area contributed by atoms with E-state index < -0.39 is 17.7 Å². The molecule has 0 spiro atoms. The fraction of sp³-hybridized carbons (Fsp3) is 0.312. The normalized spacial score (nSPS) is 12.2. The highest BCUT2D eigenvalue weighted by molar-refractivity contribution is 5.67. The number of nitrogens with zero attached hydrogens (tertiary/aromatic N) is 1. The number of rotatable bonds is 6. The second-order valence-electron chi connectivity index (χ2n) is 5.07. The fourth-order valence-corrected chi connectivity index (χ4v) is 2.02. The number of ether oxygens (including phenoxy) is 1. The van der Waals surface area contributed by atoms with Crippen LogP contribution in [0.15, 0.2) is 30.5 Å². The summed E-state index contributed by atoms with van der Waals surface area (Å²) >= 11 is 0. The van der Waals surface area contributed by atoms with Gasteiger partial charge in [0.05, 0.1) is 18.9 Å². The second-order valence-corrected chi connectivity index (χ2v) is 5.07. The van der Waals surface area contributed by atoms with E-state index in [2.05, 4.69) is 4.98 Å². The Balaban J connectivity index is 2.17. The largest absolute Gasteiger partial charge is 0.490 e. The quantitative estimate of drug-likeness (QED) is 0.804. The molecule has 0 bridgehead atoms. The van der Waals surface area contributed by atoms with Crippen LogP contribution in [0.2, 0.25) is 0 Å². The van der Waals surface area contributed by atoms with Crippen molar-refractivity contribution in [2.75, 3.05) is 12.3 Å². The van der Waals surface area contributed by atoms with Crippen LogP contribution in [-0.4, -0.2) is 22.8 Å². The lowest BCUT2D eigenvalue weighted by Crippen LogP contribution is -2.05. The van der Waals surface area contributed by atoms with Gasteiger partial charge in [0, 0.05) is 5.56 Å². The van der Waals surface area contributed by atoms with E-state index in [1.54, 1.807) is 6.92 Å². The van der Waals surface area contributed by atoms with E-state index in [9.17, 15) is 8.78 Å². The van der Waals surface area contributed by atoms with Crippen LogP contribution in [0.5, 0.6) is 5.75 Å². The monoisotopic (exact) mass is 308 g/mol. The zero-order chi connectivity index (χ0) is 16.1. The van der Waals surface area contributed by atoms with Crippen LogP contribution in [0.1, 0.15) is 19.8 Å². The van der Waals surface area contributed by atoms with Crippen molar-refractivity contribution < 1.29 is 18.6 Å². The average molecular weight is 308 g/mol. The predicted molar refractivity (Wildman–Crippen MR) is 80.4 cm³/mol. The van der Waals surface area contributed by atoms with Gasteiger partial charge in [0.15, 0.2) is 11.6 Å². The summed E-state index contributed by atoms with van der Waals surface area (Å²) in [5.41, 5.74) is 6.25. The molecule has 1 heterocycles. The third-order valence-corrected chi connectivity index (χ3v) is 3.14. The summed E-state index contributed by atoms with van der Waals surface area (Å²) in [6.45, 7) is 1.95. The number of benzene rings is 1. The molecule has 1 atom stereocenters. The van der Waals surface area contributed by atoms with Crippen LogP contribution >= 0.6 is 0 Å². The molecule has 4 nitrogen and oxygen atoms in total. The van der Waals surface area contributed by atoms with Gasteiger partial charge < -0.3 is 15.6 Å². The van der Waals surface area contributed by atoms with E-state index >= 15 is 0 Å². The number of nitrogen functional groups attached to an aromatic ring is 1. The van der Waals surface area contributed by atoms with Gasteiger partial charge in [-0.25, -0.2) is 13.8 Å². The Morgan fingerprint density at radius 3 is 2.77 bits per heavy atom. The third kappa shape index (κ3) is 4.14. The first-order valence-electron chi connectivity index (χ1n) is 6.99. The molecular formula is C16H18F2N2O2. The number of aliphatic hydroxyl groups is 1. The zero-order valence-corrected chi connectivity index (χ0v) is 12.2. The minimum absolute atomic E-state index is 0.0397. The standard InChI is InChI=1S/C16H18F2N2O2/c1-10(21)3-2-6-22-15-7-11(4-5-13(15)17)12-8-16(19)20-9-14(12)18/h4-5,7-10,21H,2-3,6H2,1H3,(H2,19,20). The molecule has 0 fully saturated rings. The van der Waals surface area contributed by atoms with Crippen molar-refractivity contribution in [3.05, 3.63) is 42.1 Å². The van der Waals surface area contributed by atoms with Gasteiger partial charge in [0.2, 0.25) is 0 Å². The Morgan fingerprint density at radius 2 is 2.05 bits per heavy atom. The number of hydrogen-bond donors (Lipinski definition) is 2. The van der Waals surface area contributed by atoms with E-state index in [0.717, 1.165) is 6.20 Å². The number of aromatic nitrogens is 1. The molecule has 3 N–H and O–H groups in total. The predicted octanol–water partition coefficient (Wildman–Crippen LogP) is 3.15. The van der Waals surface area contributed by atoms with Gasteiger partial charge in [-0.15, -0.1) is 0 Å². The van der Waals surface area contributed by atoms with E-state index in [1.807, 2.05) is 0 Å². The van der Waals surface area contributed by atoms with Crippen molar-refractivity contribution in [1.82, 2.24) is 4.98 Å². The molecule has 0 saturated heterocycles. The highest BCUT2D eigenvalue weighted by Gasteiger charge is 2.11. The SMILES string of the molecule is CC(O)CCCOc1cc(-c2cc(N)ncc2F)ccc1F. The van der Waals surface area contributed by atoms with Crippen molar-refractivity contribution in [2.45, 2.75) is 25.9 Å². The Labute approximate surface area is 127 Å². The molecule has 2 rings (SSSR count). The Hall–Kier alpha value is -2.21. The molecular weight excluding hydrogens is 290 g/mol. The van der Waals surface area contributed by atoms with E-state index in [1.165, 1.54) is 24.3 Å². The highest BCUT2D eigenvalue weighted by atomic mass is 19.1. The summed E-state index contributed by atoms with van der Waals surface area (Å²) in [5, 5.41) is 9.16. The van der Waals surface area contributed by atoms with Gasteiger partial charge in [-0.3, -0.25) is 0 Å². The molecule has 0 aliphatic rings. The lowest BCUT2D eigenvalue weighted by Gasteiger charge is -2.11. The number of hydrogen-bond acceptors (Lipinski definition) is 4. The maximum atomic E-state index is 13.8. The maximum Gasteiger partial charge on any atom is 0.165 e. The Morgan fingerprint density at radius 1 is 1.27 bits per heavy atom. The van der Waals surface area contributed by atoms with Crippen LogP contribution in [0, 0.1) is 11.6 Å². The molecule has 0 amide bonds. The summed E-state index contributed by atoms with van der Waals surface area (Å²) in [6, 6.07) is 5.49. The molecule has 6 heteroatoms. The fourth-order valence-electron chi connectivity index (χ4n) is 2.02. The highest BCUT2D eigenvalue weighted by Crippen LogP contribution is 2.29. The third-order valence-electron chi connectivity index (χ3n) is 3.14. The summed E-state index contributed by atoms with van der Waals surface area (Å²) < 4.78 is 32.9. The smallest absolute Gasteiger partial charge is 0.165 e. The Kier molecular flexibility index (Phi) is 5.27. The molecule has 22 heavy (non-hydrogen) atoms. The summed E-state index contributed by atoms with van der Waals surface area (Å²) in [6.07, 6.45) is 1.76. The van der Waals surface area contributed by atoms with Crippen molar-refractivity contribution >= 4 is 5.82 Å². The molecule has 1 aromatic carbocycles. The first kappa shape index (κ1) is 16.2. The van der Waals surface area contributed by atoms with Crippen molar-refractivity contribution in [1.29, 1.82) is 0 Å². The van der Waals surface area contributed by atoms with Crippen LogP contribution in [0.25, 0.3) is 11.1 Å². The van der Waals surface area contributed by atoms with Gasteiger partial charge in [-0.1, -0.05) is 6.07 Å². The van der Waals surface area contributed by atoms with Crippen LogP contribution in [0.4, 0.5) is 14.6 Å². The minimum atomic E-state index is -0.541. The van der Waals surface area contributed by atoms with Crippen LogP contribution in [0.3, 0.4) is 0 Å². The van der Waals surface area contributed by atoms with Gasteiger partial charge in [-0.2, -0.15) is 0 Å². The first-order chi connectivity index (χ1) is 10.5. The van der Waals surface area contributed by atoms with E-state index in [4.69, 9.17) is 15.6 Å². The lowest BCUT2D eigenvalue weighted by atomic mass is 10.1. The number of aliphatic hydroxyl groups excluding tert-OH is 1. The van der Waals surface area contributed by atoms with Gasteiger partial charge in [0.1, 0.15) is 11.6 Å². The summed E-state index contributed by atoms with van der Waals surface area (Å²) in [5.74, 6) is -0.845. The molecule has 0 saturated carbocycles. The number of halogens is 2. The second kappa shape index (κ2) is 7.17. The van der Waals surface area contributed by atoms with Gasteiger partial charge in [0.25, 0.3) is 0 Å². The van der Waals surface area contributed by atoms with Gasteiger partial charge in [-0.05, 0) is 43.5 Å². The van der Waals surface area contributed by atoms with E-state index in [-0.39, 0.29) is 23.7 Å². The molecule has 0 aliphatic heterocycles. The number of anilines is 1. The zero-order valence-electron chi connectivity index (χ0n) is 12.2. The summed E-state index contributed by atoms with van der Waals surface area (Å²) in [4.78, 5) is 3.66. The minimum Gasteiger partial charge on any atom is -0.490 e. The lowest BCUT2D eigenvalue weighted by molar-refractivity contribution is 0.169. The Bertz CT molecular complexity index is 648. The van der Waals surface area contributed by atoms with Crippen molar-refractivity contribution in [3.63, 3.8) is 0 Å². The summed E-state index contributed by atoms with van der Waals surface area (Å²) in [7, 11) is 0. The molecule has 0 radical (unpaired) electrons. The van der Waals surface area contributed by atoms with Gasteiger partial charge >= 0.3 is 0 Å². The molecule has 118 valence electrons. The number of pyridine rings is 1. The van der Waals surface area contributed by atoms with Crippen LogP contribution in [-0.2, 0) is 0 Å². The maximum absolute atomic E-state index is 13.8.